The molecule has 0 saturated carbocycles. The summed E-state index contributed by atoms with van der Waals surface area (Å²) < 4.78 is 1.74. The molecular formula is C8H10N6. The Kier molecular flexibility index (Phi) is 1.45. The number of nitrogens with one attached hydrogen (secondary N) is 1. The van der Waals surface area contributed by atoms with Crippen LogP contribution in [0.1, 0.15) is 11.3 Å². The molecule has 2 aromatic rings. The third-order valence-corrected chi connectivity index (χ3v) is 2.42. The fourth-order valence-corrected chi connectivity index (χ4v) is 1.77. The van der Waals surface area contributed by atoms with E-state index in [2.05, 4.69) is 20.4 Å². The van der Waals surface area contributed by atoms with E-state index in [0.717, 1.165) is 25.2 Å². The van der Waals surface area contributed by atoms with Crippen molar-refractivity contribution in [1.29, 1.82) is 0 Å². The summed E-state index contributed by atoms with van der Waals surface area (Å²) >= 11 is 0. The van der Waals surface area contributed by atoms with Crippen LogP contribution in [0.2, 0.25) is 0 Å². The highest BCUT2D eigenvalue weighted by Gasteiger charge is 2.14. The summed E-state index contributed by atoms with van der Waals surface area (Å²) in [4.78, 5) is 8.20. The Hall–Kier alpha value is -1.69. The number of nitrogen functional groups attached to an aromatic ring is 1. The Morgan fingerprint density at radius 3 is 3.36 bits per heavy atom. The van der Waals surface area contributed by atoms with Gasteiger partial charge in [-0.25, -0.2) is 4.98 Å². The number of rotatable bonds is 0. The topological polar surface area (TPSA) is 81.1 Å². The van der Waals surface area contributed by atoms with Crippen LogP contribution in [-0.2, 0) is 13.0 Å². The summed E-state index contributed by atoms with van der Waals surface area (Å²) in [5, 5.41) is 7.40. The standard InChI is InChI=1S/C8H10N6/c9-7-12-8-11-4-5-3-10-2-1-6(5)14(8)13-7/h4,10H,1-3H2,(H2,9,13). The molecule has 0 aromatic carbocycles. The van der Waals surface area contributed by atoms with E-state index >= 15 is 0 Å². The molecule has 0 radical (unpaired) electrons. The first-order valence-electron chi connectivity index (χ1n) is 4.54. The van der Waals surface area contributed by atoms with Crippen molar-refractivity contribution in [2.45, 2.75) is 13.0 Å². The molecule has 3 rings (SSSR count). The lowest BCUT2D eigenvalue weighted by Gasteiger charge is -2.16. The Bertz CT molecular complexity index is 488. The van der Waals surface area contributed by atoms with Crippen LogP contribution in [0.25, 0.3) is 5.78 Å². The molecule has 72 valence electrons. The van der Waals surface area contributed by atoms with Gasteiger partial charge in [0.25, 0.3) is 5.78 Å². The van der Waals surface area contributed by atoms with Crippen LogP contribution in [0.5, 0.6) is 0 Å². The number of fused-ring (bicyclic) bond motifs is 3. The van der Waals surface area contributed by atoms with Crippen molar-refractivity contribution in [2.75, 3.05) is 12.3 Å². The molecule has 3 N–H and O–H groups in total. The van der Waals surface area contributed by atoms with Crippen LogP contribution in [0.15, 0.2) is 6.20 Å². The minimum atomic E-state index is 0.282. The van der Waals surface area contributed by atoms with Gasteiger partial charge in [-0.05, 0) is 0 Å². The predicted octanol–water partition coefficient (Wildman–Crippen LogP) is -0.648. The molecule has 0 atom stereocenters. The van der Waals surface area contributed by atoms with E-state index in [-0.39, 0.29) is 5.95 Å². The van der Waals surface area contributed by atoms with Gasteiger partial charge in [-0.1, -0.05) is 0 Å². The van der Waals surface area contributed by atoms with Gasteiger partial charge >= 0.3 is 0 Å². The van der Waals surface area contributed by atoms with Crippen LogP contribution in [-0.4, -0.2) is 26.1 Å². The first kappa shape index (κ1) is 7.69. The van der Waals surface area contributed by atoms with Crippen molar-refractivity contribution in [1.82, 2.24) is 24.9 Å². The Balaban J connectivity index is 2.33. The molecule has 1 aliphatic rings. The van der Waals surface area contributed by atoms with Gasteiger partial charge < -0.3 is 11.1 Å². The summed E-state index contributed by atoms with van der Waals surface area (Å²) in [7, 11) is 0. The molecule has 3 heterocycles. The highest BCUT2D eigenvalue weighted by Crippen LogP contribution is 2.13. The summed E-state index contributed by atoms with van der Waals surface area (Å²) in [5.41, 5.74) is 7.86. The van der Waals surface area contributed by atoms with Crippen molar-refractivity contribution in [2.24, 2.45) is 0 Å². The van der Waals surface area contributed by atoms with Gasteiger partial charge in [0.05, 0.1) is 5.69 Å². The van der Waals surface area contributed by atoms with E-state index in [1.54, 1.807) is 4.52 Å². The Labute approximate surface area is 80.2 Å². The summed E-state index contributed by atoms with van der Waals surface area (Å²) in [6.07, 6.45) is 2.78. The second kappa shape index (κ2) is 2.65. The quantitative estimate of drug-likeness (QED) is 0.577. The monoisotopic (exact) mass is 190 g/mol. The van der Waals surface area contributed by atoms with E-state index in [9.17, 15) is 0 Å². The van der Waals surface area contributed by atoms with Crippen molar-refractivity contribution in [3.63, 3.8) is 0 Å². The van der Waals surface area contributed by atoms with Crippen LogP contribution in [0.3, 0.4) is 0 Å². The van der Waals surface area contributed by atoms with Gasteiger partial charge in [0.15, 0.2) is 0 Å². The molecule has 2 aromatic heterocycles. The van der Waals surface area contributed by atoms with Gasteiger partial charge in [-0.15, -0.1) is 5.10 Å². The molecule has 0 saturated heterocycles. The van der Waals surface area contributed by atoms with Gasteiger partial charge in [0, 0.05) is 31.3 Å². The van der Waals surface area contributed by atoms with Crippen LogP contribution < -0.4 is 11.1 Å². The lowest BCUT2D eigenvalue weighted by Crippen LogP contribution is -2.26. The van der Waals surface area contributed by atoms with Crippen LogP contribution in [0.4, 0.5) is 5.95 Å². The zero-order valence-electron chi connectivity index (χ0n) is 7.56. The smallest absolute Gasteiger partial charge is 0.254 e. The van der Waals surface area contributed by atoms with E-state index in [4.69, 9.17) is 5.73 Å². The molecule has 0 amide bonds. The number of hydrogen-bond donors (Lipinski definition) is 2. The van der Waals surface area contributed by atoms with Crippen molar-refractivity contribution < 1.29 is 0 Å². The molecule has 14 heavy (non-hydrogen) atoms. The second-order valence-corrected chi connectivity index (χ2v) is 3.34. The maximum Gasteiger partial charge on any atom is 0.254 e. The molecular weight excluding hydrogens is 180 g/mol. The summed E-state index contributed by atoms with van der Waals surface area (Å²) in [6.45, 7) is 1.81. The fraction of sp³-hybridized carbons (Fsp3) is 0.375. The SMILES string of the molecule is Nc1nc2ncc3c(n2n1)CCNC3. The number of aromatic nitrogens is 4. The van der Waals surface area contributed by atoms with Crippen LogP contribution in [0, 0.1) is 0 Å². The van der Waals surface area contributed by atoms with Crippen molar-refractivity contribution in [3.05, 3.63) is 17.5 Å². The highest BCUT2D eigenvalue weighted by molar-refractivity contribution is 5.38. The fourth-order valence-electron chi connectivity index (χ4n) is 1.77. The van der Waals surface area contributed by atoms with Gasteiger partial charge in [0.1, 0.15) is 0 Å². The minimum Gasteiger partial charge on any atom is -0.366 e. The molecule has 6 heteroatoms. The highest BCUT2D eigenvalue weighted by atomic mass is 15.4. The number of hydrogen-bond acceptors (Lipinski definition) is 5. The van der Waals surface area contributed by atoms with Gasteiger partial charge in [-0.3, -0.25) is 0 Å². The third kappa shape index (κ3) is 0.973. The lowest BCUT2D eigenvalue weighted by atomic mass is 10.1. The lowest BCUT2D eigenvalue weighted by molar-refractivity contribution is 0.610. The largest absolute Gasteiger partial charge is 0.366 e. The summed E-state index contributed by atoms with van der Waals surface area (Å²) in [6, 6.07) is 0. The average molecular weight is 190 g/mol. The molecule has 0 fully saturated rings. The van der Waals surface area contributed by atoms with Crippen LogP contribution >= 0.6 is 0 Å². The Morgan fingerprint density at radius 2 is 2.43 bits per heavy atom. The molecule has 1 aliphatic heterocycles. The van der Waals surface area contributed by atoms with Crippen molar-refractivity contribution in [3.8, 4) is 0 Å². The molecule has 0 unspecified atom stereocenters. The normalized spacial score (nSPS) is 15.7. The average Bonchev–Trinajstić information content (AvgIpc) is 2.59. The maximum atomic E-state index is 5.53. The van der Waals surface area contributed by atoms with E-state index in [0.29, 0.717) is 5.78 Å². The van der Waals surface area contributed by atoms with E-state index < -0.39 is 0 Å². The molecule has 0 aliphatic carbocycles. The molecule has 0 bridgehead atoms. The van der Waals surface area contributed by atoms with Crippen molar-refractivity contribution >= 4 is 11.7 Å². The van der Waals surface area contributed by atoms with Gasteiger partial charge in [0.2, 0.25) is 5.95 Å². The first-order chi connectivity index (χ1) is 6.84. The Morgan fingerprint density at radius 1 is 1.50 bits per heavy atom. The molecule has 6 nitrogen and oxygen atoms in total. The minimum absolute atomic E-state index is 0.282. The maximum absolute atomic E-state index is 5.53. The zero-order chi connectivity index (χ0) is 9.54. The van der Waals surface area contributed by atoms with Gasteiger partial charge in [-0.2, -0.15) is 9.50 Å². The third-order valence-electron chi connectivity index (χ3n) is 2.42. The predicted molar refractivity (Wildman–Crippen MR) is 50.6 cm³/mol. The van der Waals surface area contributed by atoms with E-state index in [1.165, 1.54) is 5.56 Å². The number of nitrogens with two attached hydrogens (primary N) is 1. The van der Waals surface area contributed by atoms with E-state index in [1.807, 2.05) is 6.20 Å². The second-order valence-electron chi connectivity index (χ2n) is 3.34. The number of nitrogens with zero attached hydrogens (tertiary/aromatic N) is 4. The zero-order valence-corrected chi connectivity index (χ0v) is 7.56. The first-order valence-corrected chi connectivity index (χ1v) is 4.54. The summed E-state index contributed by atoms with van der Waals surface area (Å²) in [5.74, 6) is 0.868. The molecule has 0 spiro atoms. The number of anilines is 1.